The largest absolute Gasteiger partial charge is 0.296 e. The summed E-state index contributed by atoms with van der Waals surface area (Å²) in [4.78, 5) is 12.3. The van der Waals surface area contributed by atoms with Gasteiger partial charge in [-0.15, -0.1) is 10.2 Å². The maximum atomic E-state index is 13.7. The van der Waals surface area contributed by atoms with E-state index in [0.29, 0.717) is 5.13 Å². The van der Waals surface area contributed by atoms with Crippen molar-refractivity contribution in [2.45, 2.75) is 31.1 Å². The van der Waals surface area contributed by atoms with E-state index in [4.69, 9.17) is 0 Å². The molecule has 0 aliphatic carbocycles. The molecule has 152 valence electrons. The average Bonchev–Trinajstić information content (AvgIpc) is 3.15. The predicted molar refractivity (Wildman–Crippen MR) is 110 cm³/mol. The Morgan fingerprint density at radius 3 is 2.52 bits per heavy atom. The van der Waals surface area contributed by atoms with Crippen LogP contribution in [0.1, 0.15) is 35.1 Å². The minimum atomic E-state index is -3.98. The summed E-state index contributed by atoms with van der Waals surface area (Å²) in [5, 5.41) is 11.9. The molecule has 3 aromatic rings. The molecule has 0 unspecified atom stereocenters. The summed E-state index contributed by atoms with van der Waals surface area (Å²) in [7, 11) is -3.98. The molecule has 29 heavy (non-hydrogen) atoms. The number of amides is 1. The third kappa shape index (κ3) is 5.36. The van der Waals surface area contributed by atoms with Crippen LogP contribution in [-0.4, -0.2) is 24.5 Å². The second kappa shape index (κ2) is 9.10. The fourth-order valence-electron chi connectivity index (χ4n) is 2.44. The molecule has 0 radical (unpaired) electrons. The van der Waals surface area contributed by atoms with E-state index in [1.165, 1.54) is 53.8 Å². The zero-order chi connectivity index (χ0) is 20.9. The van der Waals surface area contributed by atoms with Gasteiger partial charge in [0, 0.05) is 12.0 Å². The van der Waals surface area contributed by atoms with E-state index in [1.807, 2.05) is 0 Å². The molecule has 0 aliphatic heterocycles. The van der Waals surface area contributed by atoms with E-state index < -0.39 is 21.7 Å². The molecule has 7 nitrogen and oxygen atoms in total. The third-order valence-corrected chi connectivity index (χ3v) is 6.26. The summed E-state index contributed by atoms with van der Waals surface area (Å²) in [6.45, 7) is 2.08. The lowest BCUT2D eigenvalue weighted by Crippen LogP contribution is -2.15. The first-order valence-corrected chi connectivity index (χ1v) is 11.2. The number of nitrogens with one attached hydrogen (secondary N) is 2. The number of sulfonamides is 1. The van der Waals surface area contributed by atoms with Crippen molar-refractivity contribution in [2.24, 2.45) is 0 Å². The van der Waals surface area contributed by atoms with Crippen molar-refractivity contribution in [1.82, 2.24) is 10.2 Å². The smallest absolute Gasteiger partial charge is 0.261 e. The minimum Gasteiger partial charge on any atom is -0.296 e. The van der Waals surface area contributed by atoms with Crippen molar-refractivity contribution < 1.29 is 17.6 Å². The van der Waals surface area contributed by atoms with Gasteiger partial charge in [0.25, 0.3) is 15.9 Å². The lowest BCUT2D eigenvalue weighted by Gasteiger charge is -2.09. The molecule has 1 aromatic heterocycles. The molecule has 0 fully saturated rings. The Labute approximate surface area is 172 Å². The van der Waals surface area contributed by atoms with Crippen LogP contribution in [0.25, 0.3) is 0 Å². The number of para-hydroxylation sites is 1. The first kappa shape index (κ1) is 20.9. The summed E-state index contributed by atoms with van der Waals surface area (Å²) in [5.74, 6) is -1.10. The van der Waals surface area contributed by atoms with Crippen LogP contribution in [0.15, 0.2) is 53.4 Å². The molecule has 1 heterocycles. The molecule has 10 heteroatoms. The van der Waals surface area contributed by atoms with Gasteiger partial charge in [-0.05, 0) is 42.8 Å². The van der Waals surface area contributed by atoms with Gasteiger partial charge in [0.15, 0.2) is 0 Å². The van der Waals surface area contributed by atoms with Crippen LogP contribution < -0.4 is 10.0 Å². The molecule has 0 atom stereocenters. The van der Waals surface area contributed by atoms with Crippen LogP contribution in [0, 0.1) is 5.82 Å². The number of carbonyl (C=O) groups excluding carboxylic acids is 1. The highest BCUT2D eigenvalue weighted by atomic mass is 32.2. The van der Waals surface area contributed by atoms with E-state index in [0.717, 1.165) is 30.3 Å². The van der Waals surface area contributed by atoms with Gasteiger partial charge in [-0.3, -0.25) is 14.8 Å². The number of aromatic nitrogens is 2. The molecule has 0 saturated carbocycles. The number of halogens is 1. The minimum absolute atomic E-state index is 0.0879. The fraction of sp³-hybridized carbons (Fsp3) is 0.211. The van der Waals surface area contributed by atoms with Crippen molar-refractivity contribution in [3.63, 3.8) is 0 Å². The fourth-order valence-corrected chi connectivity index (χ4v) is 4.28. The van der Waals surface area contributed by atoms with E-state index in [-0.39, 0.29) is 16.1 Å². The maximum Gasteiger partial charge on any atom is 0.261 e. The van der Waals surface area contributed by atoms with Crippen LogP contribution in [0.4, 0.5) is 15.2 Å². The standard InChI is InChI=1S/C19H19FN4O3S2/c1-2-3-8-17-22-23-19(28-17)21-18(25)13-9-11-14(12-10-13)29(26,27)24-16-7-5-4-6-15(16)20/h4-7,9-12,24H,2-3,8H2,1H3,(H,21,23,25). The number of unbranched alkanes of at least 4 members (excludes halogenated alkanes) is 1. The highest BCUT2D eigenvalue weighted by molar-refractivity contribution is 7.92. The number of anilines is 2. The maximum absolute atomic E-state index is 13.7. The van der Waals surface area contributed by atoms with Crippen molar-refractivity contribution in [1.29, 1.82) is 0 Å². The predicted octanol–water partition coefficient (Wildman–Crippen LogP) is 4.07. The molecule has 3 rings (SSSR count). The number of aryl methyl sites for hydroxylation is 1. The number of rotatable bonds is 8. The van der Waals surface area contributed by atoms with Crippen molar-refractivity contribution in [3.8, 4) is 0 Å². The molecule has 0 aliphatic rings. The Bertz CT molecular complexity index is 1100. The van der Waals surface area contributed by atoms with E-state index in [9.17, 15) is 17.6 Å². The first-order chi connectivity index (χ1) is 13.9. The van der Waals surface area contributed by atoms with Crippen molar-refractivity contribution in [3.05, 3.63) is 64.9 Å². The van der Waals surface area contributed by atoms with Crippen LogP contribution in [0.3, 0.4) is 0 Å². The molecular weight excluding hydrogens is 415 g/mol. The van der Waals surface area contributed by atoms with Crippen LogP contribution in [0.5, 0.6) is 0 Å². The topological polar surface area (TPSA) is 101 Å². The van der Waals surface area contributed by atoms with Crippen LogP contribution >= 0.6 is 11.3 Å². The SMILES string of the molecule is CCCCc1nnc(NC(=O)c2ccc(S(=O)(=O)Nc3ccccc3F)cc2)s1. The summed E-state index contributed by atoms with van der Waals surface area (Å²) in [5.41, 5.74) is 0.115. The van der Waals surface area contributed by atoms with E-state index >= 15 is 0 Å². The highest BCUT2D eigenvalue weighted by Gasteiger charge is 2.17. The Hall–Kier alpha value is -2.85. The van der Waals surface area contributed by atoms with Gasteiger partial charge in [-0.25, -0.2) is 12.8 Å². The van der Waals surface area contributed by atoms with Gasteiger partial charge in [0.2, 0.25) is 5.13 Å². The average molecular weight is 435 g/mol. The molecule has 1 amide bonds. The quantitative estimate of drug-likeness (QED) is 0.556. The number of hydrogen-bond donors (Lipinski definition) is 2. The Kier molecular flexibility index (Phi) is 6.55. The second-order valence-corrected chi connectivity index (χ2v) is 8.91. The van der Waals surface area contributed by atoms with Crippen molar-refractivity contribution in [2.75, 3.05) is 10.0 Å². The molecule has 0 spiro atoms. The lowest BCUT2D eigenvalue weighted by molar-refractivity contribution is 0.102. The number of carbonyl (C=O) groups is 1. The first-order valence-electron chi connectivity index (χ1n) is 8.90. The summed E-state index contributed by atoms with van der Waals surface area (Å²) in [6, 6.07) is 10.8. The lowest BCUT2D eigenvalue weighted by atomic mass is 10.2. The molecule has 2 N–H and O–H groups in total. The zero-order valence-electron chi connectivity index (χ0n) is 15.6. The number of benzene rings is 2. The molecule has 2 aromatic carbocycles. The van der Waals surface area contributed by atoms with Gasteiger partial charge in [-0.1, -0.05) is 36.8 Å². The van der Waals surface area contributed by atoms with Gasteiger partial charge < -0.3 is 0 Å². The van der Waals surface area contributed by atoms with Gasteiger partial charge >= 0.3 is 0 Å². The highest BCUT2D eigenvalue weighted by Crippen LogP contribution is 2.21. The third-order valence-electron chi connectivity index (χ3n) is 3.98. The molecule has 0 saturated heterocycles. The Morgan fingerprint density at radius 2 is 1.83 bits per heavy atom. The monoisotopic (exact) mass is 434 g/mol. The second-order valence-electron chi connectivity index (χ2n) is 6.17. The zero-order valence-corrected chi connectivity index (χ0v) is 17.2. The van der Waals surface area contributed by atoms with E-state index in [1.54, 1.807) is 0 Å². The normalized spacial score (nSPS) is 11.2. The molecular formula is C19H19FN4O3S2. The van der Waals surface area contributed by atoms with Gasteiger partial charge in [-0.2, -0.15) is 0 Å². The Balaban J connectivity index is 1.68. The van der Waals surface area contributed by atoms with E-state index in [2.05, 4.69) is 27.2 Å². The Morgan fingerprint density at radius 1 is 1.10 bits per heavy atom. The van der Waals surface area contributed by atoms with Crippen LogP contribution in [0.2, 0.25) is 0 Å². The summed E-state index contributed by atoms with van der Waals surface area (Å²) in [6.07, 6.45) is 2.85. The van der Waals surface area contributed by atoms with Crippen molar-refractivity contribution >= 4 is 38.1 Å². The van der Waals surface area contributed by atoms with Crippen LogP contribution in [-0.2, 0) is 16.4 Å². The van der Waals surface area contributed by atoms with Gasteiger partial charge in [0.05, 0.1) is 10.6 Å². The van der Waals surface area contributed by atoms with Gasteiger partial charge in [0.1, 0.15) is 10.8 Å². The number of hydrogen-bond acceptors (Lipinski definition) is 6. The number of nitrogens with zero attached hydrogens (tertiary/aromatic N) is 2. The summed E-state index contributed by atoms with van der Waals surface area (Å²) < 4.78 is 40.7. The summed E-state index contributed by atoms with van der Waals surface area (Å²) >= 11 is 1.31. The molecule has 0 bridgehead atoms.